The molecule has 5 rings (SSSR count). The van der Waals surface area contributed by atoms with Crippen molar-refractivity contribution in [3.05, 3.63) is 47.8 Å². The van der Waals surface area contributed by atoms with Crippen molar-refractivity contribution in [2.75, 3.05) is 26.2 Å². The van der Waals surface area contributed by atoms with Gasteiger partial charge in [-0.1, -0.05) is 6.07 Å². The van der Waals surface area contributed by atoms with Crippen molar-refractivity contribution in [1.82, 2.24) is 20.2 Å². The van der Waals surface area contributed by atoms with E-state index in [1.165, 1.54) is 33.5 Å². The van der Waals surface area contributed by atoms with Crippen LogP contribution in [-0.2, 0) is 6.54 Å². The van der Waals surface area contributed by atoms with Crippen LogP contribution < -0.4 is 5.32 Å². The van der Waals surface area contributed by atoms with Crippen LogP contribution in [0, 0.1) is 0 Å². The second-order valence-corrected chi connectivity index (χ2v) is 8.13. The second kappa shape index (κ2) is 6.48. The van der Waals surface area contributed by atoms with Gasteiger partial charge in [0.1, 0.15) is 0 Å². The van der Waals surface area contributed by atoms with E-state index >= 15 is 0 Å². The summed E-state index contributed by atoms with van der Waals surface area (Å²) < 4.78 is 1.35. The molecule has 2 aliphatic rings. The zero-order chi connectivity index (χ0) is 16.6. The largest absolute Gasteiger partial charge is 0.314 e. The van der Waals surface area contributed by atoms with Crippen LogP contribution in [0.4, 0.5) is 0 Å². The van der Waals surface area contributed by atoms with E-state index in [-0.39, 0.29) is 0 Å². The first kappa shape index (κ1) is 15.4. The van der Waals surface area contributed by atoms with Crippen molar-refractivity contribution in [3.63, 3.8) is 0 Å². The molecule has 4 heterocycles. The lowest BCUT2D eigenvalue weighted by molar-refractivity contribution is 0.233. The van der Waals surface area contributed by atoms with Crippen LogP contribution in [0.15, 0.2) is 36.7 Å². The Balaban J connectivity index is 1.39. The van der Waals surface area contributed by atoms with Crippen LogP contribution in [0.25, 0.3) is 20.8 Å². The Morgan fingerprint density at radius 2 is 2.00 bits per heavy atom. The van der Waals surface area contributed by atoms with Gasteiger partial charge in [-0.2, -0.15) is 0 Å². The summed E-state index contributed by atoms with van der Waals surface area (Å²) in [7, 11) is 0. The Kier molecular flexibility index (Phi) is 4.00. The van der Waals surface area contributed by atoms with Crippen molar-refractivity contribution in [2.45, 2.75) is 25.3 Å². The van der Waals surface area contributed by atoms with Gasteiger partial charge >= 0.3 is 0 Å². The predicted octanol–water partition coefficient (Wildman–Crippen LogP) is 3.64. The molecule has 0 atom stereocenters. The van der Waals surface area contributed by atoms with Crippen molar-refractivity contribution in [2.24, 2.45) is 0 Å². The molecule has 3 aromatic rings. The smallest absolute Gasteiger partial charge is 0.0819 e. The first-order chi connectivity index (χ1) is 12.4. The molecule has 1 saturated carbocycles. The van der Waals surface area contributed by atoms with E-state index in [2.05, 4.69) is 39.5 Å². The summed E-state index contributed by atoms with van der Waals surface area (Å²) in [5, 5.41) is 3.40. The van der Waals surface area contributed by atoms with Gasteiger partial charge < -0.3 is 5.32 Å². The zero-order valence-corrected chi connectivity index (χ0v) is 15.1. The van der Waals surface area contributed by atoms with Crippen LogP contribution in [0.5, 0.6) is 0 Å². The lowest BCUT2D eigenvalue weighted by Crippen LogP contribution is -2.42. The topological polar surface area (TPSA) is 41.0 Å². The Hall–Kier alpha value is -1.82. The predicted molar refractivity (Wildman–Crippen MR) is 103 cm³/mol. The summed E-state index contributed by atoms with van der Waals surface area (Å²) in [6, 6.07) is 8.79. The van der Waals surface area contributed by atoms with Gasteiger partial charge in [0.25, 0.3) is 0 Å². The van der Waals surface area contributed by atoms with Gasteiger partial charge in [-0.25, -0.2) is 0 Å². The SMILES string of the molecule is c1cc(C2CC2)c2sc(-c3ccc(CN4CCNCC4)cn3)cc2n1. The van der Waals surface area contributed by atoms with Crippen LogP contribution in [0.1, 0.15) is 29.9 Å². The molecule has 2 fully saturated rings. The summed E-state index contributed by atoms with van der Waals surface area (Å²) in [6.45, 7) is 5.41. The molecule has 0 radical (unpaired) electrons. The summed E-state index contributed by atoms with van der Waals surface area (Å²) in [5.74, 6) is 0.756. The minimum absolute atomic E-state index is 0.756. The number of piperazine rings is 1. The maximum Gasteiger partial charge on any atom is 0.0819 e. The van der Waals surface area contributed by atoms with Crippen molar-refractivity contribution < 1.29 is 0 Å². The fourth-order valence-corrected chi connectivity index (χ4v) is 4.78. The van der Waals surface area contributed by atoms with Crippen LogP contribution >= 0.6 is 11.3 Å². The van der Waals surface area contributed by atoms with Gasteiger partial charge in [0.15, 0.2) is 0 Å². The minimum Gasteiger partial charge on any atom is -0.314 e. The molecule has 25 heavy (non-hydrogen) atoms. The molecule has 0 unspecified atom stereocenters. The number of rotatable bonds is 4. The molecular weight excluding hydrogens is 328 g/mol. The fraction of sp³-hybridized carbons (Fsp3) is 0.400. The first-order valence-electron chi connectivity index (χ1n) is 9.14. The Morgan fingerprint density at radius 1 is 1.12 bits per heavy atom. The molecule has 4 nitrogen and oxygen atoms in total. The van der Waals surface area contributed by atoms with Crippen LogP contribution in [0.3, 0.4) is 0 Å². The molecule has 1 N–H and O–H groups in total. The van der Waals surface area contributed by atoms with E-state index < -0.39 is 0 Å². The number of hydrogen-bond donors (Lipinski definition) is 1. The van der Waals surface area contributed by atoms with Crippen molar-refractivity contribution >= 4 is 21.6 Å². The standard InChI is InChI=1S/C20H22N4S/c1-4-17(23-12-14(1)13-24-9-7-21-8-10-24)19-11-18-20(25-19)16(5-6-22-18)15-2-3-15/h1,4-6,11-12,15,21H,2-3,7-10,13H2. The maximum atomic E-state index is 4.74. The summed E-state index contributed by atoms with van der Waals surface area (Å²) in [5.41, 5.74) is 4.96. The average Bonchev–Trinajstić information content (AvgIpc) is 3.41. The normalized spacial score (nSPS) is 18.7. The van der Waals surface area contributed by atoms with E-state index in [1.807, 2.05) is 23.7 Å². The number of hydrogen-bond acceptors (Lipinski definition) is 5. The monoisotopic (exact) mass is 350 g/mol. The van der Waals surface area contributed by atoms with Crippen molar-refractivity contribution in [1.29, 1.82) is 0 Å². The van der Waals surface area contributed by atoms with E-state index in [1.54, 1.807) is 0 Å². The number of aromatic nitrogens is 2. The number of nitrogens with zero attached hydrogens (tertiary/aromatic N) is 3. The number of pyridine rings is 2. The highest BCUT2D eigenvalue weighted by Gasteiger charge is 2.26. The Labute approximate surface area is 151 Å². The van der Waals surface area contributed by atoms with E-state index in [9.17, 15) is 0 Å². The Bertz CT molecular complexity index is 876. The second-order valence-electron chi connectivity index (χ2n) is 7.08. The molecular formula is C20H22N4S. The lowest BCUT2D eigenvalue weighted by atomic mass is 10.1. The first-order valence-corrected chi connectivity index (χ1v) is 9.95. The molecule has 128 valence electrons. The molecule has 0 aromatic carbocycles. The maximum absolute atomic E-state index is 4.74. The highest BCUT2D eigenvalue weighted by molar-refractivity contribution is 7.22. The van der Waals surface area contributed by atoms with Gasteiger partial charge in [0.2, 0.25) is 0 Å². The van der Waals surface area contributed by atoms with E-state index in [4.69, 9.17) is 4.98 Å². The number of thiophene rings is 1. The fourth-order valence-electron chi connectivity index (χ4n) is 3.59. The minimum atomic E-state index is 0.756. The molecule has 1 saturated heterocycles. The third-order valence-corrected chi connectivity index (χ3v) is 6.35. The van der Waals surface area contributed by atoms with Crippen LogP contribution in [0.2, 0.25) is 0 Å². The molecule has 3 aromatic heterocycles. The average molecular weight is 350 g/mol. The summed E-state index contributed by atoms with van der Waals surface area (Å²) in [4.78, 5) is 13.0. The quantitative estimate of drug-likeness (QED) is 0.780. The van der Waals surface area contributed by atoms with Crippen LogP contribution in [-0.4, -0.2) is 41.0 Å². The molecule has 1 aliphatic carbocycles. The van der Waals surface area contributed by atoms with Crippen molar-refractivity contribution in [3.8, 4) is 10.6 Å². The third-order valence-electron chi connectivity index (χ3n) is 5.15. The highest BCUT2D eigenvalue weighted by atomic mass is 32.1. The van der Waals surface area contributed by atoms with E-state index in [0.717, 1.165) is 49.9 Å². The van der Waals surface area contributed by atoms with Gasteiger partial charge in [-0.15, -0.1) is 11.3 Å². The van der Waals surface area contributed by atoms with Gasteiger partial charge in [-0.3, -0.25) is 14.9 Å². The third kappa shape index (κ3) is 3.19. The van der Waals surface area contributed by atoms with Gasteiger partial charge in [0.05, 0.1) is 20.8 Å². The Morgan fingerprint density at radius 3 is 2.76 bits per heavy atom. The highest BCUT2D eigenvalue weighted by Crippen LogP contribution is 2.45. The van der Waals surface area contributed by atoms with Gasteiger partial charge in [-0.05, 0) is 48.1 Å². The molecule has 0 bridgehead atoms. The molecule has 5 heteroatoms. The lowest BCUT2D eigenvalue weighted by Gasteiger charge is -2.27. The zero-order valence-electron chi connectivity index (χ0n) is 14.2. The molecule has 1 aliphatic heterocycles. The number of nitrogens with one attached hydrogen (secondary N) is 1. The molecule has 0 spiro atoms. The van der Waals surface area contributed by atoms with E-state index in [0.29, 0.717) is 0 Å². The number of fused-ring (bicyclic) bond motifs is 1. The summed E-state index contributed by atoms with van der Waals surface area (Å²) in [6.07, 6.45) is 6.64. The van der Waals surface area contributed by atoms with Gasteiger partial charge in [0, 0.05) is 45.1 Å². The molecule has 0 amide bonds. The summed E-state index contributed by atoms with van der Waals surface area (Å²) >= 11 is 1.84.